The number of aromatic nitrogens is 2. The lowest BCUT2D eigenvalue weighted by molar-refractivity contribution is 0.0697. The third-order valence-electron chi connectivity index (χ3n) is 4.68. The zero-order valence-corrected chi connectivity index (χ0v) is 18.9. The molecule has 1 aromatic heterocycles. The minimum atomic E-state index is -0.998. The Morgan fingerprint density at radius 2 is 1.84 bits per heavy atom. The number of benzene rings is 2. The van der Waals surface area contributed by atoms with Crippen LogP contribution in [0.2, 0.25) is 0 Å². The largest absolute Gasteiger partial charge is 0.497 e. The predicted octanol–water partition coefficient (Wildman–Crippen LogP) is 5.60. The monoisotopic (exact) mass is 448 g/mol. The molecule has 0 aliphatic rings. The summed E-state index contributed by atoms with van der Waals surface area (Å²) >= 11 is 1.54. The van der Waals surface area contributed by atoms with Crippen LogP contribution in [0.4, 0.5) is 11.5 Å². The highest BCUT2D eigenvalue weighted by molar-refractivity contribution is 7.99. The maximum absolute atomic E-state index is 11.1. The minimum absolute atomic E-state index is 0.183. The van der Waals surface area contributed by atoms with Gasteiger partial charge in [-0.05, 0) is 60.9 Å². The van der Waals surface area contributed by atoms with E-state index >= 15 is 0 Å². The summed E-state index contributed by atoms with van der Waals surface area (Å²) < 4.78 is 5.23. The first kappa shape index (κ1) is 23.1. The van der Waals surface area contributed by atoms with E-state index in [1.165, 1.54) is 12.1 Å². The fourth-order valence-electron chi connectivity index (χ4n) is 2.88. The molecule has 0 saturated carbocycles. The van der Waals surface area contributed by atoms with Crippen LogP contribution in [0, 0.1) is 17.2 Å². The van der Waals surface area contributed by atoms with Gasteiger partial charge in [0, 0.05) is 17.0 Å². The Morgan fingerprint density at radius 1 is 1.16 bits per heavy atom. The van der Waals surface area contributed by atoms with E-state index < -0.39 is 5.97 Å². The van der Waals surface area contributed by atoms with Crippen molar-refractivity contribution in [2.45, 2.75) is 25.4 Å². The molecular formula is C24H24N4O3S. The number of nitrogens with zero attached hydrogens (tertiary/aromatic N) is 3. The molecule has 2 aromatic carbocycles. The lowest BCUT2D eigenvalue weighted by atomic mass is 10.1. The van der Waals surface area contributed by atoms with E-state index in [4.69, 9.17) is 9.84 Å². The lowest BCUT2D eigenvalue weighted by Crippen LogP contribution is -2.04. The number of hydrogen-bond donors (Lipinski definition) is 2. The van der Waals surface area contributed by atoms with Crippen molar-refractivity contribution in [3.63, 3.8) is 0 Å². The minimum Gasteiger partial charge on any atom is -0.497 e. The van der Waals surface area contributed by atoms with E-state index in [0.29, 0.717) is 39.6 Å². The summed E-state index contributed by atoms with van der Waals surface area (Å²) in [5.41, 5.74) is 2.43. The van der Waals surface area contributed by atoms with Crippen LogP contribution < -0.4 is 10.1 Å². The number of carboxylic acids is 1. The number of methoxy groups -OCH3 is 1. The van der Waals surface area contributed by atoms with E-state index in [9.17, 15) is 10.1 Å². The first-order valence-electron chi connectivity index (χ1n) is 10.1. The average Bonchev–Trinajstić information content (AvgIpc) is 2.79. The van der Waals surface area contributed by atoms with Crippen molar-refractivity contribution in [2.75, 3.05) is 18.2 Å². The van der Waals surface area contributed by atoms with Crippen LogP contribution >= 0.6 is 11.8 Å². The van der Waals surface area contributed by atoms with Gasteiger partial charge in [0.05, 0.1) is 18.4 Å². The molecule has 8 heteroatoms. The quantitative estimate of drug-likeness (QED) is 0.321. The molecule has 0 aliphatic heterocycles. The second-order valence-corrected chi connectivity index (χ2v) is 8.52. The second kappa shape index (κ2) is 10.6. The van der Waals surface area contributed by atoms with Gasteiger partial charge >= 0.3 is 5.97 Å². The molecule has 0 atom stereocenters. The Balaban J connectivity index is 2.02. The van der Waals surface area contributed by atoms with E-state index in [0.717, 1.165) is 17.7 Å². The zero-order chi connectivity index (χ0) is 23.1. The van der Waals surface area contributed by atoms with Gasteiger partial charge in [-0.25, -0.2) is 14.8 Å². The number of anilines is 2. The molecule has 2 N–H and O–H groups in total. The smallest absolute Gasteiger partial charge is 0.335 e. The van der Waals surface area contributed by atoms with Gasteiger partial charge in [0.2, 0.25) is 0 Å². The van der Waals surface area contributed by atoms with Gasteiger partial charge in [-0.1, -0.05) is 25.6 Å². The number of thioether (sulfide) groups is 1. The van der Waals surface area contributed by atoms with Crippen LogP contribution in [-0.2, 0) is 0 Å². The fourth-order valence-corrected chi connectivity index (χ4v) is 3.96. The molecule has 0 bridgehead atoms. The molecule has 1 heterocycles. The van der Waals surface area contributed by atoms with E-state index in [2.05, 4.69) is 35.2 Å². The van der Waals surface area contributed by atoms with Crippen LogP contribution in [0.3, 0.4) is 0 Å². The second-order valence-electron chi connectivity index (χ2n) is 7.46. The number of carboxylic acid groups (broad SMARTS) is 1. The maximum atomic E-state index is 11.1. The summed E-state index contributed by atoms with van der Waals surface area (Å²) in [5, 5.41) is 22.8. The molecule has 0 spiro atoms. The topological polar surface area (TPSA) is 108 Å². The van der Waals surface area contributed by atoms with Crippen LogP contribution in [0.5, 0.6) is 5.75 Å². The Labute approximate surface area is 191 Å². The first-order chi connectivity index (χ1) is 15.4. The third-order valence-corrected chi connectivity index (χ3v) is 5.57. The van der Waals surface area contributed by atoms with Gasteiger partial charge in [0.1, 0.15) is 17.4 Å². The number of ether oxygens (including phenoxy) is 1. The summed E-state index contributed by atoms with van der Waals surface area (Å²) in [7, 11) is 1.60. The zero-order valence-electron chi connectivity index (χ0n) is 18.1. The molecule has 32 heavy (non-hydrogen) atoms. The number of nitriles is 1. The van der Waals surface area contributed by atoms with Crippen molar-refractivity contribution in [3.8, 4) is 23.1 Å². The molecule has 0 fully saturated rings. The molecule has 164 valence electrons. The number of nitrogens with one attached hydrogen (secondary N) is 1. The van der Waals surface area contributed by atoms with Crippen molar-refractivity contribution in [3.05, 3.63) is 59.7 Å². The number of carbonyl (C=O) groups is 1. The summed E-state index contributed by atoms with van der Waals surface area (Å²) in [6.07, 6.45) is 1.02. The van der Waals surface area contributed by atoms with E-state index in [-0.39, 0.29) is 5.56 Å². The number of aromatic carboxylic acids is 1. The summed E-state index contributed by atoms with van der Waals surface area (Å²) in [6, 6.07) is 15.9. The first-order valence-corrected chi connectivity index (χ1v) is 11.1. The van der Waals surface area contributed by atoms with Crippen molar-refractivity contribution >= 4 is 29.2 Å². The molecule has 0 saturated heterocycles. The molecule has 0 unspecified atom stereocenters. The average molecular weight is 449 g/mol. The summed E-state index contributed by atoms with van der Waals surface area (Å²) in [5.74, 6) is 1.51. The normalized spacial score (nSPS) is 10.6. The Morgan fingerprint density at radius 3 is 2.41 bits per heavy atom. The third kappa shape index (κ3) is 5.77. The van der Waals surface area contributed by atoms with Gasteiger partial charge in [-0.2, -0.15) is 5.26 Å². The Kier molecular flexibility index (Phi) is 7.68. The van der Waals surface area contributed by atoms with Gasteiger partial charge in [-0.3, -0.25) is 0 Å². The number of rotatable bonds is 9. The Bertz CT molecular complexity index is 1120. The number of hydrogen-bond acceptors (Lipinski definition) is 7. The maximum Gasteiger partial charge on any atom is 0.335 e. The lowest BCUT2D eigenvalue weighted by Gasteiger charge is -2.13. The highest BCUT2D eigenvalue weighted by atomic mass is 32.2. The molecule has 0 aliphatic carbocycles. The van der Waals surface area contributed by atoms with Crippen molar-refractivity contribution in [1.82, 2.24) is 9.97 Å². The molecule has 0 amide bonds. The van der Waals surface area contributed by atoms with Crippen LogP contribution in [0.25, 0.3) is 11.3 Å². The van der Waals surface area contributed by atoms with Crippen molar-refractivity contribution in [1.29, 1.82) is 5.26 Å². The highest BCUT2D eigenvalue weighted by Gasteiger charge is 2.17. The van der Waals surface area contributed by atoms with Crippen molar-refractivity contribution in [2.24, 2.45) is 5.92 Å². The molecule has 3 rings (SSSR count). The van der Waals surface area contributed by atoms with Crippen LogP contribution in [-0.4, -0.2) is 33.9 Å². The summed E-state index contributed by atoms with van der Waals surface area (Å²) in [6.45, 7) is 4.33. The fraction of sp³-hybridized carbons (Fsp3) is 0.250. The van der Waals surface area contributed by atoms with E-state index in [1.807, 2.05) is 24.3 Å². The summed E-state index contributed by atoms with van der Waals surface area (Å²) in [4.78, 5) is 20.4. The van der Waals surface area contributed by atoms with Gasteiger partial charge in [-0.15, -0.1) is 0 Å². The molecular weight excluding hydrogens is 424 g/mol. The highest BCUT2D eigenvalue weighted by Crippen LogP contribution is 2.32. The van der Waals surface area contributed by atoms with Crippen molar-refractivity contribution < 1.29 is 14.6 Å². The standard InChI is InChI=1S/C24H24N4O3S/c1-15(2)12-13-32-24-27-21(16-6-10-19(31-3)11-7-16)20(14-25)22(28-24)26-18-8-4-17(5-9-18)23(29)30/h4-11,15H,12-13H2,1-3H3,(H,29,30)(H,26,27,28). The van der Waals surface area contributed by atoms with Crippen LogP contribution in [0.1, 0.15) is 36.2 Å². The molecule has 7 nitrogen and oxygen atoms in total. The Hall–Kier alpha value is -3.57. The SMILES string of the molecule is COc1ccc(-c2nc(SCCC(C)C)nc(Nc3ccc(C(=O)O)cc3)c2C#N)cc1. The molecule has 0 radical (unpaired) electrons. The van der Waals surface area contributed by atoms with Gasteiger partial charge < -0.3 is 15.2 Å². The predicted molar refractivity (Wildman–Crippen MR) is 126 cm³/mol. The molecule has 3 aromatic rings. The van der Waals surface area contributed by atoms with E-state index in [1.54, 1.807) is 31.0 Å². The van der Waals surface area contributed by atoms with Gasteiger partial charge in [0.25, 0.3) is 0 Å². The van der Waals surface area contributed by atoms with Gasteiger partial charge in [0.15, 0.2) is 11.0 Å². The van der Waals surface area contributed by atoms with Crippen LogP contribution in [0.15, 0.2) is 53.7 Å².